The van der Waals surface area contributed by atoms with Gasteiger partial charge in [0.25, 0.3) is 0 Å². The molecule has 0 aliphatic carbocycles. The summed E-state index contributed by atoms with van der Waals surface area (Å²) in [4.78, 5) is 0. The molecule has 15 heavy (non-hydrogen) atoms. The molecule has 0 radical (unpaired) electrons. The highest BCUT2D eigenvalue weighted by molar-refractivity contribution is 7.89. The zero-order valence-corrected chi connectivity index (χ0v) is 9.07. The van der Waals surface area contributed by atoms with Crippen LogP contribution in [-0.4, -0.2) is 20.2 Å². The zero-order valence-electron chi connectivity index (χ0n) is 8.26. The van der Waals surface area contributed by atoms with Crippen LogP contribution >= 0.6 is 0 Å². The molecule has 0 saturated carbocycles. The van der Waals surface area contributed by atoms with E-state index >= 15 is 0 Å². The molecular weight excluding hydrogens is 210 g/mol. The van der Waals surface area contributed by atoms with Gasteiger partial charge < -0.3 is 0 Å². The van der Waals surface area contributed by atoms with Crippen molar-refractivity contribution in [2.45, 2.75) is 12.5 Å². The van der Waals surface area contributed by atoms with Crippen LogP contribution < -0.4 is 4.72 Å². The molecule has 0 amide bonds. The third-order valence-corrected chi connectivity index (χ3v) is 3.78. The van der Waals surface area contributed by atoms with Gasteiger partial charge in [0, 0.05) is 6.04 Å². The Morgan fingerprint density at radius 3 is 2.60 bits per heavy atom. The molecule has 1 saturated heterocycles. The average Bonchev–Trinajstić information content (AvgIpc) is 2.57. The van der Waals surface area contributed by atoms with E-state index in [1.165, 1.54) is 0 Å². The Bertz CT molecular complexity index is 451. The molecule has 1 N–H and O–H groups in total. The molecule has 0 unspecified atom stereocenters. The highest BCUT2D eigenvalue weighted by Crippen LogP contribution is 2.10. The van der Waals surface area contributed by atoms with E-state index in [4.69, 9.17) is 0 Å². The minimum atomic E-state index is -3.00. The minimum absolute atomic E-state index is 0.0461. The summed E-state index contributed by atoms with van der Waals surface area (Å²) < 4.78 is 24.8. The first kappa shape index (κ1) is 10.4. The third-order valence-electron chi connectivity index (χ3n) is 2.35. The Hall–Kier alpha value is -1.13. The summed E-state index contributed by atoms with van der Waals surface area (Å²) in [6, 6.07) is 9.79. The monoisotopic (exact) mass is 223 g/mol. The summed E-state index contributed by atoms with van der Waals surface area (Å²) in [5, 5.41) is 0. The molecule has 0 spiro atoms. The number of hydrogen-bond donors (Lipinski definition) is 1. The van der Waals surface area contributed by atoms with Gasteiger partial charge in [-0.15, -0.1) is 0 Å². The lowest BCUT2D eigenvalue weighted by Crippen LogP contribution is -2.23. The molecule has 1 heterocycles. The molecular formula is C11H13NO2S. The van der Waals surface area contributed by atoms with Gasteiger partial charge in [0.1, 0.15) is 0 Å². The van der Waals surface area contributed by atoms with Gasteiger partial charge in [-0.2, -0.15) is 0 Å². The molecule has 1 aromatic carbocycles. The first-order valence-corrected chi connectivity index (χ1v) is 6.54. The molecule has 1 aliphatic heterocycles. The number of hydrogen-bond acceptors (Lipinski definition) is 2. The van der Waals surface area contributed by atoms with Gasteiger partial charge in [0.15, 0.2) is 0 Å². The van der Waals surface area contributed by atoms with Crippen molar-refractivity contribution in [1.82, 2.24) is 4.72 Å². The third kappa shape index (κ3) is 2.91. The number of rotatable bonds is 2. The van der Waals surface area contributed by atoms with Crippen molar-refractivity contribution in [3.05, 3.63) is 42.0 Å². The van der Waals surface area contributed by atoms with Crippen molar-refractivity contribution < 1.29 is 8.42 Å². The van der Waals surface area contributed by atoms with Crippen LogP contribution in [0.4, 0.5) is 0 Å². The molecule has 0 bridgehead atoms. The maximum Gasteiger partial charge on any atom is 0.212 e. The van der Waals surface area contributed by atoms with Crippen LogP contribution in [0.3, 0.4) is 0 Å². The van der Waals surface area contributed by atoms with E-state index in [-0.39, 0.29) is 11.8 Å². The normalized spacial score (nSPS) is 24.7. The summed E-state index contributed by atoms with van der Waals surface area (Å²) in [7, 11) is -3.00. The summed E-state index contributed by atoms with van der Waals surface area (Å²) in [5.74, 6) is 0.233. The molecule has 1 atom stereocenters. The second kappa shape index (κ2) is 4.16. The highest BCUT2D eigenvalue weighted by Gasteiger charge is 2.24. The van der Waals surface area contributed by atoms with Crippen LogP contribution in [-0.2, 0) is 10.0 Å². The summed E-state index contributed by atoms with van der Waals surface area (Å²) in [5.41, 5.74) is 1.09. The van der Waals surface area contributed by atoms with E-state index in [1.54, 1.807) is 0 Å². The predicted molar refractivity (Wildman–Crippen MR) is 60.8 cm³/mol. The number of nitrogens with one attached hydrogen (secondary N) is 1. The quantitative estimate of drug-likeness (QED) is 0.823. The minimum Gasteiger partial charge on any atom is -0.212 e. The fraction of sp³-hybridized carbons (Fsp3) is 0.273. The van der Waals surface area contributed by atoms with E-state index in [2.05, 4.69) is 4.72 Å². The second-order valence-electron chi connectivity index (χ2n) is 3.60. The first-order chi connectivity index (χ1) is 7.16. The van der Waals surface area contributed by atoms with Gasteiger partial charge in [0.05, 0.1) is 5.75 Å². The molecule has 2 rings (SSSR count). The van der Waals surface area contributed by atoms with Crippen LogP contribution in [0, 0.1) is 0 Å². The van der Waals surface area contributed by atoms with E-state index < -0.39 is 10.0 Å². The molecule has 80 valence electrons. The van der Waals surface area contributed by atoms with Crippen molar-refractivity contribution in [3.63, 3.8) is 0 Å². The summed E-state index contributed by atoms with van der Waals surface area (Å²) in [6.07, 6.45) is 4.50. The molecule has 4 heteroatoms. The molecule has 1 aliphatic rings. The smallest absolute Gasteiger partial charge is 0.212 e. The van der Waals surface area contributed by atoms with E-state index in [0.717, 1.165) is 5.56 Å². The lowest BCUT2D eigenvalue weighted by Gasteiger charge is -2.00. The lowest BCUT2D eigenvalue weighted by molar-refractivity contribution is 0.591. The van der Waals surface area contributed by atoms with E-state index in [1.807, 2.05) is 42.5 Å². The molecule has 0 aromatic heterocycles. The van der Waals surface area contributed by atoms with E-state index in [9.17, 15) is 8.42 Å². The predicted octanol–water partition coefficient (Wildman–Crippen LogP) is 1.39. The van der Waals surface area contributed by atoms with Crippen molar-refractivity contribution in [2.24, 2.45) is 0 Å². The summed E-state index contributed by atoms with van der Waals surface area (Å²) in [6.45, 7) is 0. The van der Waals surface area contributed by atoms with Gasteiger partial charge in [-0.1, -0.05) is 42.5 Å². The number of sulfonamides is 1. The molecule has 1 fully saturated rings. The summed E-state index contributed by atoms with van der Waals surface area (Å²) >= 11 is 0. The van der Waals surface area contributed by atoms with Crippen LogP contribution in [0.15, 0.2) is 36.4 Å². The maximum atomic E-state index is 11.1. The van der Waals surface area contributed by atoms with Gasteiger partial charge in [-0.05, 0) is 12.0 Å². The number of benzene rings is 1. The Morgan fingerprint density at radius 2 is 2.00 bits per heavy atom. The second-order valence-corrected chi connectivity index (χ2v) is 5.48. The van der Waals surface area contributed by atoms with Gasteiger partial charge in [-0.3, -0.25) is 0 Å². The van der Waals surface area contributed by atoms with Crippen LogP contribution in [0.25, 0.3) is 6.08 Å². The van der Waals surface area contributed by atoms with Crippen molar-refractivity contribution >= 4 is 16.1 Å². The largest absolute Gasteiger partial charge is 0.212 e. The zero-order chi connectivity index (χ0) is 10.7. The Morgan fingerprint density at radius 1 is 1.27 bits per heavy atom. The first-order valence-electron chi connectivity index (χ1n) is 4.89. The average molecular weight is 223 g/mol. The lowest BCUT2D eigenvalue weighted by atomic mass is 10.1. The molecule has 3 nitrogen and oxygen atoms in total. The van der Waals surface area contributed by atoms with Gasteiger partial charge >= 0.3 is 0 Å². The standard InChI is InChI=1S/C11H13NO2S/c13-15(14)9-8-11(12-15)7-6-10-4-2-1-3-5-10/h1-7,11-12H,8-9H2/b7-6+/t11-/m1/s1. The van der Waals surface area contributed by atoms with Crippen LogP contribution in [0.5, 0.6) is 0 Å². The fourth-order valence-electron chi connectivity index (χ4n) is 1.56. The Balaban J connectivity index is 2.02. The van der Waals surface area contributed by atoms with Crippen molar-refractivity contribution in [3.8, 4) is 0 Å². The fourth-order valence-corrected chi connectivity index (χ4v) is 2.90. The van der Waals surface area contributed by atoms with Crippen LogP contribution in [0.2, 0.25) is 0 Å². The Kier molecular flexibility index (Phi) is 2.88. The topological polar surface area (TPSA) is 46.2 Å². The van der Waals surface area contributed by atoms with Crippen molar-refractivity contribution in [1.29, 1.82) is 0 Å². The SMILES string of the molecule is O=S1(=O)CC[C@@H](/C=C/c2ccccc2)N1. The Labute approximate surface area is 89.9 Å². The van der Waals surface area contributed by atoms with E-state index in [0.29, 0.717) is 6.42 Å². The maximum absolute atomic E-state index is 11.1. The highest BCUT2D eigenvalue weighted by atomic mass is 32.2. The van der Waals surface area contributed by atoms with Crippen molar-refractivity contribution in [2.75, 3.05) is 5.75 Å². The van der Waals surface area contributed by atoms with Gasteiger partial charge in [-0.25, -0.2) is 13.1 Å². The molecule has 1 aromatic rings. The van der Waals surface area contributed by atoms with Crippen LogP contribution in [0.1, 0.15) is 12.0 Å². The van der Waals surface area contributed by atoms with Gasteiger partial charge in [0.2, 0.25) is 10.0 Å².